The molecule has 0 saturated carbocycles. The van der Waals surface area contributed by atoms with Gasteiger partial charge < -0.3 is 19.5 Å². The molecule has 0 radical (unpaired) electrons. The molecule has 0 aliphatic heterocycles. The number of benzene rings is 1. The van der Waals surface area contributed by atoms with Gasteiger partial charge in [0.05, 0.1) is 17.6 Å². The van der Waals surface area contributed by atoms with Crippen LogP contribution in [0.5, 0.6) is 11.5 Å². The molecule has 0 aliphatic rings. The average Bonchev–Trinajstić information content (AvgIpc) is 3.14. The van der Waals surface area contributed by atoms with E-state index in [1.54, 1.807) is 12.1 Å². The van der Waals surface area contributed by atoms with Gasteiger partial charge in [0.15, 0.2) is 18.1 Å². The number of amides is 1. The molecule has 0 unspecified atom stereocenters. The smallest absolute Gasteiger partial charge is 0.387 e. The number of Topliss-reactive ketones (excluding diaryl/α,β-unsaturated/α-hetero) is 1. The summed E-state index contributed by atoms with van der Waals surface area (Å²) in [5, 5.41) is 2.67. The Morgan fingerprint density at radius 1 is 1.14 bits per heavy atom. The number of thiophene rings is 1. The maximum Gasteiger partial charge on any atom is 0.387 e. The Hall–Kier alpha value is -3.01. The summed E-state index contributed by atoms with van der Waals surface area (Å²) in [4.78, 5) is 36.5. The molecule has 29 heavy (non-hydrogen) atoms. The zero-order valence-electron chi connectivity index (χ0n) is 15.7. The molecule has 0 spiro atoms. The molecule has 1 N–H and O–H groups in total. The fourth-order valence-corrected chi connectivity index (χ4v) is 3.23. The molecule has 0 fully saturated rings. The molecular weight excluding hydrogens is 408 g/mol. The van der Waals surface area contributed by atoms with E-state index in [4.69, 9.17) is 9.47 Å². The van der Waals surface area contributed by atoms with Gasteiger partial charge in [0.25, 0.3) is 0 Å². The van der Waals surface area contributed by atoms with E-state index in [-0.39, 0.29) is 28.8 Å². The highest BCUT2D eigenvalue weighted by Gasteiger charge is 2.17. The fourth-order valence-electron chi connectivity index (χ4n) is 2.30. The number of alkyl halides is 2. The predicted molar refractivity (Wildman–Crippen MR) is 101 cm³/mol. The fraction of sp³-hybridized carbons (Fsp3) is 0.316. The van der Waals surface area contributed by atoms with E-state index in [1.807, 2.05) is 0 Å². The van der Waals surface area contributed by atoms with Crippen molar-refractivity contribution in [2.24, 2.45) is 0 Å². The lowest BCUT2D eigenvalue weighted by Crippen LogP contribution is -2.22. The minimum Gasteiger partial charge on any atom is -0.493 e. The van der Waals surface area contributed by atoms with Gasteiger partial charge in [-0.3, -0.25) is 9.59 Å². The summed E-state index contributed by atoms with van der Waals surface area (Å²) in [5.41, 5.74) is 0.0263. The molecule has 1 heterocycles. The molecule has 0 bridgehead atoms. The lowest BCUT2D eigenvalue weighted by Gasteiger charge is -2.11. The number of halogens is 2. The summed E-state index contributed by atoms with van der Waals surface area (Å²) in [5.74, 6) is -1.59. The van der Waals surface area contributed by atoms with Crippen LogP contribution in [0.4, 0.5) is 8.78 Å². The van der Waals surface area contributed by atoms with Crippen LogP contribution in [0.25, 0.3) is 0 Å². The number of ketones is 1. The van der Waals surface area contributed by atoms with Crippen LogP contribution in [0, 0.1) is 0 Å². The van der Waals surface area contributed by atoms with Crippen molar-refractivity contribution in [3.8, 4) is 11.5 Å². The van der Waals surface area contributed by atoms with Crippen LogP contribution in [0.2, 0.25) is 0 Å². The minimum atomic E-state index is -3.03. The zero-order chi connectivity index (χ0) is 21.4. The van der Waals surface area contributed by atoms with Crippen molar-refractivity contribution in [1.82, 2.24) is 5.32 Å². The van der Waals surface area contributed by atoms with Crippen LogP contribution in [-0.2, 0) is 16.0 Å². The standard InChI is InChI=1S/C19H19F2NO6S/c1-11(23)22-8-7-13-4-6-17(29-13)14(24)10-27-18(25)12-3-5-15(28-19(20)21)16(9-12)26-2/h3-6,9,19H,7-8,10H2,1-2H3,(H,22,23). The van der Waals surface area contributed by atoms with Crippen molar-refractivity contribution < 1.29 is 37.4 Å². The number of carbonyl (C=O) groups is 3. The topological polar surface area (TPSA) is 90.9 Å². The Bertz CT molecular complexity index is 883. The number of hydrogen-bond donors (Lipinski definition) is 1. The first-order chi connectivity index (χ1) is 13.8. The second kappa shape index (κ2) is 10.5. The highest BCUT2D eigenvalue weighted by Crippen LogP contribution is 2.29. The monoisotopic (exact) mass is 427 g/mol. The summed E-state index contributed by atoms with van der Waals surface area (Å²) in [6, 6.07) is 6.98. The number of carbonyl (C=O) groups excluding carboxylic acids is 3. The first-order valence-corrected chi connectivity index (χ1v) is 9.28. The SMILES string of the molecule is COc1cc(C(=O)OCC(=O)c2ccc(CCNC(C)=O)s2)ccc1OC(F)F. The molecular formula is C19H19F2NO6S. The first kappa shape index (κ1) is 22.3. The van der Waals surface area contributed by atoms with E-state index in [0.717, 1.165) is 10.9 Å². The number of methoxy groups -OCH3 is 1. The molecule has 2 rings (SSSR count). The highest BCUT2D eigenvalue weighted by molar-refractivity contribution is 7.14. The van der Waals surface area contributed by atoms with Crippen LogP contribution in [-0.4, -0.2) is 44.5 Å². The Balaban J connectivity index is 1.92. The number of ether oxygens (including phenoxy) is 3. The second-order valence-electron chi connectivity index (χ2n) is 5.74. The van der Waals surface area contributed by atoms with Gasteiger partial charge in [0.2, 0.25) is 11.7 Å². The Morgan fingerprint density at radius 2 is 1.90 bits per heavy atom. The quantitative estimate of drug-likeness (QED) is 0.463. The predicted octanol–water partition coefficient (Wildman–Crippen LogP) is 3.08. The molecule has 7 nitrogen and oxygen atoms in total. The van der Waals surface area contributed by atoms with Gasteiger partial charge in [-0.15, -0.1) is 11.3 Å². The molecule has 1 aromatic carbocycles. The average molecular weight is 427 g/mol. The molecule has 156 valence electrons. The van der Waals surface area contributed by atoms with Crippen molar-refractivity contribution in [3.05, 3.63) is 45.6 Å². The van der Waals surface area contributed by atoms with Gasteiger partial charge >= 0.3 is 12.6 Å². The highest BCUT2D eigenvalue weighted by atomic mass is 32.1. The molecule has 0 atom stereocenters. The third kappa shape index (κ3) is 6.83. The molecule has 2 aromatic rings. The van der Waals surface area contributed by atoms with Crippen LogP contribution in [0.1, 0.15) is 31.8 Å². The summed E-state index contributed by atoms with van der Waals surface area (Å²) in [6.45, 7) is -1.62. The number of esters is 1. The van der Waals surface area contributed by atoms with Crippen LogP contribution in [0.3, 0.4) is 0 Å². The summed E-state index contributed by atoms with van der Waals surface area (Å²) >= 11 is 1.25. The number of hydrogen-bond acceptors (Lipinski definition) is 7. The molecule has 0 saturated heterocycles. The van der Waals surface area contributed by atoms with Crippen molar-refractivity contribution in [2.45, 2.75) is 20.0 Å². The van der Waals surface area contributed by atoms with E-state index in [0.29, 0.717) is 17.8 Å². The van der Waals surface area contributed by atoms with Gasteiger partial charge in [-0.05, 0) is 36.8 Å². The van der Waals surface area contributed by atoms with E-state index >= 15 is 0 Å². The van der Waals surface area contributed by atoms with Gasteiger partial charge in [-0.25, -0.2) is 4.79 Å². The third-order valence-electron chi connectivity index (χ3n) is 3.63. The number of nitrogens with one attached hydrogen (secondary N) is 1. The lowest BCUT2D eigenvalue weighted by molar-refractivity contribution is -0.118. The summed E-state index contributed by atoms with van der Waals surface area (Å²) < 4.78 is 38.9. The molecule has 1 amide bonds. The van der Waals surface area contributed by atoms with Gasteiger partial charge in [-0.2, -0.15) is 8.78 Å². The first-order valence-electron chi connectivity index (χ1n) is 8.46. The third-order valence-corrected chi connectivity index (χ3v) is 4.82. The van der Waals surface area contributed by atoms with Crippen LogP contribution >= 0.6 is 11.3 Å². The Morgan fingerprint density at radius 3 is 2.55 bits per heavy atom. The van der Waals surface area contributed by atoms with Crippen LogP contribution in [0.15, 0.2) is 30.3 Å². The molecule has 10 heteroatoms. The van der Waals surface area contributed by atoms with E-state index in [9.17, 15) is 23.2 Å². The largest absolute Gasteiger partial charge is 0.493 e. The number of rotatable bonds is 10. The van der Waals surface area contributed by atoms with Gasteiger partial charge in [0, 0.05) is 18.3 Å². The van der Waals surface area contributed by atoms with Crippen molar-refractivity contribution >= 4 is 29.0 Å². The summed E-state index contributed by atoms with van der Waals surface area (Å²) in [6.07, 6.45) is 0.587. The van der Waals surface area contributed by atoms with Crippen molar-refractivity contribution in [3.63, 3.8) is 0 Å². The van der Waals surface area contributed by atoms with Crippen molar-refractivity contribution in [2.75, 3.05) is 20.3 Å². The normalized spacial score (nSPS) is 10.5. The van der Waals surface area contributed by atoms with Gasteiger partial charge in [-0.1, -0.05) is 0 Å². The van der Waals surface area contributed by atoms with Crippen molar-refractivity contribution in [1.29, 1.82) is 0 Å². The second-order valence-corrected chi connectivity index (χ2v) is 6.91. The maximum absolute atomic E-state index is 12.3. The maximum atomic E-state index is 12.3. The summed E-state index contributed by atoms with van der Waals surface area (Å²) in [7, 11) is 1.24. The Kier molecular flexibility index (Phi) is 8.08. The van der Waals surface area contributed by atoms with Gasteiger partial charge in [0.1, 0.15) is 0 Å². The molecule has 0 aliphatic carbocycles. The minimum absolute atomic E-state index is 0.0263. The zero-order valence-corrected chi connectivity index (χ0v) is 16.5. The molecule has 1 aromatic heterocycles. The van der Waals surface area contributed by atoms with E-state index in [1.165, 1.54) is 37.5 Å². The van der Waals surface area contributed by atoms with E-state index < -0.39 is 19.2 Å². The Labute approximate surface area is 169 Å². The van der Waals surface area contributed by atoms with Crippen LogP contribution < -0.4 is 14.8 Å². The van der Waals surface area contributed by atoms with E-state index in [2.05, 4.69) is 10.1 Å². The lowest BCUT2D eigenvalue weighted by atomic mass is 10.2.